The van der Waals surface area contributed by atoms with Gasteiger partial charge in [-0.3, -0.25) is 0 Å². The Labute approximate surface area is 112 Å². The molecule has 0 aliphatic carbocycles. The first-order chi connectivity index (χ1) is 8.47. The lowest BCUT2D eigenvalue weighted by Gasteiger charge is -2.23. The van der Waals surface area contributed by atoms with Crippen molar-refractivity contribution >= 4 is 0 Å². The molecule has 2 heteroatoms. The van der Waals surface area contributed by atoms with Crippen LogP contribution in [0.2, 0.25) is 0 Å². The molecule has 0 saturated heterocycles. The molecule has 2 nitrogen and oxygen atoms in total. The molecule has 0 aliphatic rings. The maximum Gasteiger partial charge on any atom is 0.0471 e. The first-order valence-electron chi connectivity index (χ1n) is 6.84. The SMILES string of the molecule is CCC(CO)CN(C)Cc1c(C)cc(C)cc1C. The Morgan fingerprint density at radius 2 is 1.72 bits per heavy atom. The first-order valence-corrected chi connectivity index (χ1v) is 6.84. The Morgan fingerprint density at radius 1 is 1.17 bits per heavy atom. The van der Waals surface area contributed by atoms with Gasteiger partial charge in [0.15, 0.2) is 0 Å². The molecule has 1 unspecified atom stereocenters. The quantitative estimate of drug-likeness (QED) is 0.837. The number of nitrogens with zero attached hydrogens (tertiary/aromatic N) is 1. The van der Waals surface area contributed by atoms with Crippen molar-refractivity contribution < 1.29 is 5.11 Å². The lowest BCUT2D eigenvalue weighted by Crippen LogP contribution is -2.27. The molecular weight excluding hydrogens is 222 g/mol. The van der Waals surface area contributed by atoms with Gasteiger partial charge in [0, 0.05) is 19.7 Å². The molecule has 0 spiro atoms. The van der Waals surface area contributed by atoms with E-state index < -0.39 is 0 Å². The van der Waals surface area contributed by atoms with Crippen LogP contribution in [0.1, 0.15) is 35.6 Å². The van der Waals surface area contributed by atoms with Crippen LogP contribution in [0.15, 0.2) is 12.1 Å². The molecule has 0 saturated carbocycles. The second-order valence-electron chi connectivity index (χ2n) is 5.53. The van der Waals surface area contributed by atoms with Crippen molar-refractivity contribution in [3.8, 4) is 0 Å². The Balaban J connectivity index is 2.73. The van der Waals surface area contributed by atoms with E-state index in [9.17, 15) is 5.11 Å². The van der Waals surface area contributed by atoms with E-state index in [1.807, 2.05) is 0 Å². The Kier molecular flexibility index (Phi) is 5.83. The van der Waals surface area contributed by atoms with Gasteiger partial charge in [0.25, 0.3) is 0 Å². The van der Waals surface area contributed by atoms with Crippen molar-refractivity contribution in [2.45, 2.75) is 40.7 Å². The van der Waals surface area contributed by atoms with Crippen molar-refractivity contribution in [1.82, 2.24) is 4.90 Å². The Hall–Kier alpha value is -0.860. The minimum absolute atomic E-state index is 0.284. The average Bonchev–Trinajstić information content (AvgIpc) is 2.30. The minimum Gasteiger partial charge on any atom is -0.396 e. The van der Waals surface area contributed by atoms with Gasteiger partial charge in [-0.1, -0.05) is 24.6 Å². The normalized spacial score (nSPS) is 13.1. The predicted octanol–water partition coefficient (Wildman–Crippen LogP) is 3.06. The summed E-state index contributed by atoms with van der Waals surface area (Å²) < 4.78 is 0. The van der Waals surface area contributed by atoms with Gasteiger partial charge >= 0.3 is 0 Å². The summed E-state index contributed by atoms with van der Waals surface area (Å²) in [7, 11) is 2.14. The van der Waals surface area contributed by atoms with Crippen LogP contribution in [0.3, 0.4) is 0 Å². The highest BCUT2D eigenvalue weighted by molar-refractivity contribution is 5.37. The molecule has 0 aromatic heterocycles. The third-order valence-corrected chi connectivity index (χ3v) is 3.67. The summed E-state index contributed by atoms with van der Waals surface area (Å²) in [5, 5.41) is 9.26. The standard InChI is InChI=1S/C16H27NO/c1-6-15(11-18)9-17(5)10-16-13(3)7-12(2)8-14(16)4/h7-8,15,18H,6,9-11H2,1-5H3. The van der Waals surface area contributed by atoms with Crippen molar-refractivity contribution in [2.24, 2.45) is 5.92 Å². The van der Waals surface area contributed by atoms with Crippen LogP contribution in [0.25, 0.3) is 0 Å². The molecule has 102 valence electrons. The zero-order chi connectivity index (χ0) is 13.7. The van der Waals surface area contributed by atoms with Gasteiger partial charge in [-0.15, -0.1) is 0 Å². The van der Waals surface area contributed by atoms with Gasteiger partial charge in [0.2, 0.25) is 0 Å². The molecule has 0 radical (unpaired) electrons. The summed E-state index contributed by atoms with van der Waals surface area (Å²) in [5.74, 6) is 0.390. The van der Waals surface area contributed by atoms with Crippen LogP contribution >= 0.6 is 0 Å². The zero-order valence-electron chi connectivity index (χ0n) is 12.5. The molecule has 0 bridgehead atoms. The molecule has 1 rings (SSSR count). The molecule has 0 heterocycles. The molecule has 0 fully saturated rings. The lowest BCUT2D eigenvalue weighted by atomic mass is 9.99. The smallest absolute Gasteiger partial charge is 0.0471 e. The number of hydrogen-bond donors (Lipinski definition) is 1. The van der Waals surface area contributed by atoms with E-state index >= 15 is 0 Å². The second-order valence-corrected chi connectivity index (χ2v) is 5.53. The van der Waals surface area contributed by atoms with Crippen LogP contribution in [-0.4, -0.2) is 30.2 Å². The third-order valence-electron chi connectivity index (χ3n) is 3.67. The maximum absolute atomic E-state index is 9.26. The monoisotopic (exact) mass is 249 g/mol. The zero-order valence-corrected chi connectivity index (χ0v) is 12.5. The van der Waals surface area contributed by atoms with Gasteiger partial charge in [0.05, 0.1) is 0 Å². The topological polar surface area (TPSA) is 23.5 Å². The van der Waals surface area contributed by atoms with E-state index in [0.29, 0.717) is 5.92 Å². The van der Waals surface area contributed by atoms with E-state index in [-0.39, 0.29) is 6.61 Å². The summed E-state index contributed by atoms with van der Waals surface area (Å²) in [5.41, 5.74) is 5.50. The molecule has 18 heavy (non-hydrogen) atoms. The number of aryl methyl sites for hydroxylation is 3. The van der Waals surface area contributed by atoms with Crippen LogP contribution in [-0.2, 0) is 6.54 Å². The fourth-order valence-corrected chi connectivity index (χ4v) is 2.55. The highest BCUT2D eigenvalue weighted by atomic mass is 16.3. The summed E-state index contributed by atoms with van der Waals surface area (Å²) in [6.07, 6.45) is 1.03. The number of rotatable bonds is 6. The molecule has 1 aromatic carbocycles. The van der Waals surface area contributed by atoms with Gasteiger partial charge in [0.1, 0.15) is 0 Å². The lowest BCUT2D eigenvalue weighted by molar-refractivity contribution is 0.173. The summed E-state index contributed by atoms with van der Waals surface area (Å²) in [6, 6.07) is 4.50. The third kappa shape index (κ3) is 4.11. The highest BCUT2D eigenvalue weighted by Crippen LogP contribution is 2.18. The summed E-state index contributed by atoms with van der Waals surface area (Å²) in [6.45, 7) is 10.9. The van der Waals surface area contributed by atoms with Crippen LogP contribution < -0.4 is 0 Å². The van der Waals surface area contributed by atoms with E-state index in [0.717, 1.165) is 19.5 Å². The van der Waals surface area contributed by atoms with Gasteiger partial charge in [-0.05, 0) is 56.8 Å². The Morgan fingerprint density at radius 3 is 2.17 bits per heavy atom. The largest absolute Gasteiger partial charge is 0.396 e. The van der Waals surface area contributed by atoms with E-state index in [4.69, 9.17) is 0 Å². The van der Waals surface area contributed by atoms with Crippen LogP contribution in [0.4, 0.5) is 0 Å². The van der Waals surface area contributed by atoms with Gasteiger partial charge in [-0.25, -0.2) is 0 Å². The molecule has 1 N–H and O–H groups in total. The van der Waals surface area contributed by atoms with Crippen LogP contribution in [0, 0.1) is 26.7 Å². The molecule has 1 atom stereocenters. The van der Waals surface area contributed by atoms with Crippen LogP contribution in [0.5, 0.6) is 0 Å². The highest BCUT2D eigenvalue weighted by Gasteiger charge is 2.11. The first kappa shape index (κ1) is 15.2. The minimum atomic E-state index is 0.284. The Bertz CT molecular complexity index is 360. The fraction of sp³-hybridized carbons (Fsp3) is 0.625. The number of aliphatic hydroxyl groups excluding tert-OH is 1. The molecule has 0 aliphatic heterocycles. The molecule has 1 aromatic rings. The summed E-state index contributed by atoms with van der Waals surface area (Å²) in [4.78, 5) is 2.31. The van der Waals surface area contributed by atoms with Crippen molar-refractivity contribution in [3.05, 3.63) is 34.4 Å². The maximum atomic E-state index is 9.26. The van der Waals surface area contributed by atoms with E-state index in [1.165, 1.54) is 22.3 Å². The average molecular weight is 249 g/mol. The predicted molar refractivity (Wildman–Crippen MR) is 77.9 cm³/mol. The van der Waals surface area contributed by atoms with Crippen molar-refractivity contribution in [3.63, 3.8) is 0 Å². The summed E-state index contributed by atoms with van der Waals surface area (Å²) >= 11 is 0. The van der Waals surface area contributed by atoms with E-state index in [1.54, 1.807) is 0 Å². The molecule has 0 amide bonds. The molecular formula is C16H27NO. The number of aliphatic hydroxyl groups is 1. The fourth-order valence-electron chi connectivity index (χ4n) is 2.55. The second kappa shape index (κ2) is 6.91. The van der Waals surface area contributed by atoms with Gasteiger partial charge < -0.3 is 10.0 Å². The number of benzene rings is 1. The van der Waals surface area contributed by atoms with Gasteiger partial charge in [-0.2, -0.15) is 0 Å². The van der Waals surface area contributed by atoms with Crippen molar-refractivity contribution in [1.29, 1.82) is 0 Å². The number of hydrogen-bond acceptors (Lipinski definition) is 2. The van der Waals surface area contributed by atoms with E-state index in [2.05, 4.69) is 51.8 Å². The van der Waals surface area contributed by atoms with Crippen molar-refractivity contribution in [2.75, 3.05) is 20.2 Å².